The van der Waals surface area contributed by atoms with Gasteiger partial charge in [0.15, 0.2) is 12.7 Å². The molecule has 0 aliphatic carbocycles. The summed E-state index contributed by atoms with van der Waals surface area (Å²) < 4.78 is 20.9. The van der Waals surface area contributed by atoms with Crippen LogP contribution in [-0.4, -0.2) is 29.3 Å². The normalized spacial score (nSPS) is 12.5. The lowest BCUT2D eigenvalue weighted by Gasteiger charge is -2.13. The lowest BCUT2D eigenvalue weighted by atomic mass is 9.97. The van der Waals surface area contributed by atoms with Gasteiger partial charge in [0.25, 0.3) is 0 Å². The van der Waals surface area contributed by atoms with Crippen molar-refractivity contribution in [2.45, 2.75) is 45.8 Å². The van der Waals surface area contributed by atoms with Gasteiger partial charge in [0.2, 0.25) is 11.7 Å². The summed E-state index contributed by atoms with van der Waals surface area (Å²) in [6.07, 6.45) is -0.757. The molecule has 130 valence electrons. The molecule has 0 bridgehead atoms. The van der Waals surface area contributed by atoms with Crippen LogP contribution < -0.4 is 9.47 Å². The van der Waals surface area contributed by atoms with Crippen LogP contribution in [0.2, 0.25) is 0 Å². The molecule has 0 spiro atoms. The van der Waals surface area contributed by atoms with Crippen molar-refractivity contribution in [3.05, 3.63) is 36.0 Å². The van der Waals surface area contributed by atoms with Crippen LogP contribution in [0, 0.1) is 0 Å². The summed E-state index contributed by atoms with van der Waals surface area (Å²) in [6, 6.07) is 6.94. The van der Waals surface area contributed by atoms with E-state index in [0.717, 1.165) is 0 Å². The number of hydrogen-bond donors (Lipinski definition) is 0. The average molecular weight is 334 g/mol. The standard InChI is InChI=1S/C17H22N2O5/c1-11(23-13-8-6-12(21-5)7-9-13)15(20)22-10-14-18-16(24-19-14)17(2,3)4/h6-9,11H,10H2,1-5H3. The molecule has 1 aromatic heterocycles. The number of esters is 1. The van der Waals surface area contributed by atoms with Crippen molar-refractivity contribution in [3.8, 4) is 11.5 Å². The Bertz CT molecular complexity index is 673. The molecule has 0 saturated carbocycles. The van der Waals surface area contributed by atoms with Crippen molar-refractivity contribution < 1.29 is 23.5 Å². The molecule has 7 heteroatoms. The van der Waals surface area contributed by atoms with Crippen LogP contribution in [0.3, 0.4) is 0 Å². The van der Waals surface area contributed by atoms with E-state index < -0.39 is 12.1 Å². The molecule has 0 N–H and O–H groups in total. The predicted molar refractivity (Wildman–Crippen MR) is 85.9 cm³/mol. The van der Waals surface area contributed by atoms with Gasteiger partial charge in [-0.05, 0) is 31.2 Å². The molecule has 1 atom stereocenters. The summed E-state index contributed by atoms with van der Waals surface area (Å²) in [4.78, 5) is 16.2. The van der Waals surface area contributed by atoms with Crippen molar-refractivity contribution in [2.24, 2.45) is 0 Å². The van der Waals surface area contributed by atoms with Gasteiger partial charge >= 0.3 is 5.97 Å². The van der Waals surface area contributed by atoms with E-state index in [-0.39, 0.29) is 12.0 Å². The Morgan fingerprint density at radius 1 is 1.21 bits per heavy atom. The maximum Gasteiger partial charge on any atom is 0.347 e. The highest BCUT2D eigenvalue weighted by Gasteiger charge is 2.23. The Morgan fingerprint density at radius 2 is 1.83 bits per heavy atom. The lowest BCUT2D eigenvalue weighted by Crippen LogP contribution is -2.26. The first-order valence-corrected chi connectivity index (χ1v) is 7.60. The molecule has 1 heterocycles. The Balaban J connectivity index is 1.86. The summed E-state index contributed by atoms with van der Waals surface area (Å²) in [6.45, 7) is 7.43. The number of ether oxygens (including phenoxy) is 3. The smallest absolute Gasteiger partial charge is 0.347 e. The number of carbonyl (C=O) groups is 1. The minimum absolute atomic E-state index is 0.0608. The number of carbonyl (C=O) groups excluding carboxylic acids is 1. The third-order valence-electron chi connectivity index (χ3n) is 3.16. The van der Waals surface area contributed by atoms with Crippen LogP contribution in [0.15, 0.2) is 28.8 Å². The highest BCUT2D eigenvalue weighted by molar-refractivity contribution is 5.74. The minimum Gasteiger partial charge on any atom is -0.497 e. The molecule has 24 heavy (non-hydrogen) atoms. The van der Waals surface area contributed by atoms with E-state index in [0.29, 0.717) is 23.2 Å². The van der Waals surface area contributed by atoms with Crippen molar-refractivity contribution in [1.29, 1.82) is 0 Å². The predicted octanol–water partition coefficient (Wildman–Crippen LogP) is 2.89. The zero-order valence-corrected chi connectivity index (χ0v) is 14.5. The molecule has 0 aliphatic rings. The van der Waals surface area contributed by atoms with E-state index in [1.54, 1.807) is 38.3 Å². The molecule has 0 radical (unpaired) electrons. The van der Waals surface area contributed by atoms with Crippen molar-refractivity contribution >= 4 is 5.97 Å². The molecule has 0 fully saturated rings. The summed E-state index contributed by atoms with van der Waals surface area (Å²) in [7, 11) is 1.58. The van der Waals surface area contributed by atoms with Crippen LogP contribution in [0.1, 0.15) is 39.4 Å². The monoisotopic (exact) mass is 334 g/mol. The third kappa shape index (κ3) is 4.71. The molecular weight excluding hydrogens is 312 g/mol. The van der Waals surface area contributed by atoms with Gasteiger partial charge in [0.1, 0.15) is 11.5 Å². The number of aromatic nitrogens is 2. The van der Waals surface area contributed by atoms with Gasteiger partial charge in [0, 0.05) is 5.41 Å². The van der Waals surface area contributed by atoms with Gasteiger partial charge in [-0.25, -0.2) is 4.79 Å². The second-order valence-corrected chi connectivity index (χ2v) is 6.31. The van der Waals surface area contributed by atoms with Crippen LogP contribution in [0.5, 0.6) is 11.5 Å². The lowest BCUT2D eigenvalue weighted by molar-refractivity contribution is -0.152. The Labute approximate surface area is 140 Å². The number of benzene rings is 1. The van der Waals surface area contributed by atoms with Crippen LogP contribution in [0.25, 0.3) is 0 Å². The first-order chi connectivity index (χ1) is 11.3. The SMILES string of the molecule is COc1ccc(OC(C)C(=O)OCc2noc(C(C)(C)C)n2)cc1. The quantitative estimate of drug-likeness (QED) is 0.751. The zero-order valence-electron chi connectivity index (χ0n) is 14.5. The van der Waals surface area contributed by atoms with E-state index in [4.69, 9.17) is 18.7 Å². The van der Waals surface area contributed by atoms with E-state index in [2.05, 4.69) is 10.1 Å². The molecular formula is C17H22N2O5. The number of rotatable bonds is 6. The molecule has 2 aromatic rings. The van der Waals surface area contributed by atoms with Gasteiger partial charge in [0.05, 0.1) is 7.11 Å². The summed E-state index contributed by atoms with van der Waals surface area (Å²) in [5.74, 6) is 1.58. The van der Waals surface area contributed by atoms with E-state index in [9.17, 15) is 4.79 Å². The van der Waals surface area contributed by atoms with Crippen LogP contribution >= 0.6 is 0 Å². The fraction of sp³-hybridized carbons (Fsp3) is 0.471. The van der Waals surface area contributed by atoms with E-state index in [1.165, 1.54) is 0 Å². The van der Waals surface area contributed by atoms with Crippen molar-refractivity contribution in [2.75, 3.05) is 7.11 Å². The maximum absolute atomic E-state index is 12.0. The Hall–Kier alpha value is -2.57. The van der Waals surface area contributed by atoms with Crippen LogP contribution in [0.4, 0.5) is 0 Å². The Kier molecular flexibility index (Phi) is 5.43. The molecule has 0 aliphatic heterocycles. The largest absolute Gasteiger partial charge is 0.497 e. The van der Waals surface area contributed by atoms with E-state index >= 15 is 0 Å². The van der Waals surface area contributed by atoms with Gasteiger partial charge < -0.3 is 18.7 Å². The topological polar surface area (TPSA) is 83.7 Å². The summed E-state index contributed by atoms with van der Waals surface area (Å²) in [5, 5.41) is 3.80. The molecule has 1 aromatic carbocycles. The van der Waals surface area contributed by atoms with Crippen molar-refractivity contribution in [1.82, 2.24) is 10.1 Å². The summed E-state index contributed by atoms with van der Waals surface area (Å²) in [5.41, 5.74) is -0.250. The fourth-order valence-corrected chi connectivity index (χ4v) is 1.78. The number of methoxy groups -OCH3 is 1. The maximum atomic E-state index is 12.0. The highest BCUT2D eigenvalue weighted by Crippen LogP contribution is 2.20. The number of nitrogens with zero attached hydrogens (tertiary/aromatic N) is 2. The minimum atomic E-state index is -0.757. The third-order valence-corrected chi connectivity index (χ3v) is 3.16. The first-order valence-electron chi connectivity index (χ1n) is 7.60. The molecule has 0 amide bonds. The Morgan fingerprint density at radius 3 is 2.38 bits per heavy atom. The van der Waals surface area contributed by atoms with Gasteiger partial charge in [-0.1, -0.05) is 25.9 Å². The highest BCUT2D eigenvalue weighted by atomic mass is 16.6. The average Bonchev–Trinajstić information content (AvgIpc) is 3.02. The first kappa shape index (κ1) is 17.8. The van der Waals surface area contributed by atoms with E-state index in [1.807, 2.05) is 20.8 Å². The fourth-order valence-electron chi connectivity index (χ4n) is 1.78. The second-order valence-electron chi connectivity index (χ2n) is 6.31. The van der Waals surface area contributed by atoms with Gasteiger partial charge in [-0.3, -0.25) is 0 Å². The molecule has 7 nitrogen and oxygen atoms in total. The van der Waals surface area contributed by atoms with Gasteiger partial charge in [-0.2, -0.15) is 4.98 Å². The van der Waals surface area contributed by atoms with Gasteiger partial charge in [-0.15, -0.1) is 0 Å². The zero-order chi connectivity index (χ0) is 17.7. The molecule has 2 rings (SSSR count). The summed E-state index contributed by atoms with van der Waals surface area (Å²) >= 11 is 0. The second kappa shape index (κ2) is 7.33. The molecule has 1 unspecified atom stereocenters. The molecule has 0 saturated heterocycles. The van der Waals surface area contributed by atoms with Crippen molar-refractivity contribution in [3.63, 3.8) is 0 Å². The number of hydrogen-bond acceptors (Lipinski definition) is 7. The van der Waals surface area contributed by atoms with Crippen LogP contribution in [-0.2, 0) is 21.6 Å².